The minimum atomic E-state index is -4.41. The molecule has 2 saturated carbocycles. The SMILES string of the molecule is COCCOCCN1C(=CC=CC=CC=CC2=[N+](CCCCCC(=O)ON3C(=O)CCC3=O)c3ccc(S(=O)(=O)O)cc3C23CCCCC3)C2(CCCCC2)c2cc(C)ccc21. The number of anilines is 1. The van der Waals surface area contributed by atoms with Gasteiger partial charge in [-0.05, 0) is 75.3 Å². The normalized spacial score (nSPS) is 20.3. The molecule has 2 amide bonds. The fourth-order valence-corrected chi connectivity index (χ4v) is 10.9. The third kappa shape index (κ3) is 9.76. The van der Waals surface area contributed by atoms with Gasteiger partial charge in [-0.25, -0.2) is 4.79 Å². The molecule has 12 nitrogen and oxygen atoms in total. The van der Waals surface area contributed by atoms with Crippen LogP contribution >= 0.6 is 0 Å². The summed E-state index contributed by atoms with van der Waals surface area (Å²) in [5.41, 5.74) is 7.85. The number of fused-ring (bicyclic) bond motifs is 4. The van der Waals surface area contributed by atoms with Crippen LogP contribution in [-0.2, 0) is 49.6 Å². The van der Waals surface area contributed by atoms with Gasteiger partial charge in [0.15, 0.2) is 5.71 Å². The van der Waals surface area contributed by atoms with Gasteiger partial charge in [-0.15, -0.1) is 5.06 Å². The summed E-state index contributed by atoms with van der Waals surface area (Å²) in [5.74, 6) is -1.60. The second-order valence-corrected chi connectivity index (χ2v) is 18.7. The molecule has 0 bridgehead atoms. The standard InChI is InChI=1S/C49H61N3O9S/c1-37-20-22-41-39(35-37)48(26-12-7-13-27-48)44(51(41)31-32-60-34-33-59-2)18-10-5-3-4-9-17-43-49(28-14-8-15-29-49)40-36-38(62(56,57)58)21-23-42(40)50(43)30-16-6-11-19-47(55)61-52-45(53)24-25-46(52)54/h3-5,9-10,17-18,20-23,35-36H,6-8,11-16,19,24-34H2,1-2H3/p+1. The van der Waals surface area contributed by atoms with Crippen LogP contribution in [-0.4, -0.2) is 86.1 Å². The first-order valence-corrected chi connectivity index (χ1v) is 23.9. The Morgan fingerprint density at radius 2 is 1.50 bits per heavy atom. The van der Waals surface area contributed by atoms with Crippen molar-refractivity contribution in [2.75, 3.05) is 44.9 Å². The highest BCUT2D eigenvalue weighted by atomic mass is 32.2. The molecule has 3 heterocycles. The Balaban J connectivity index is 1.11. The number of nitrogens with zero attached hydrogens (tertiary/aromatic N) is 3. The number of hydrogen-bond acceptors (Lipinski definition) is 9. The monoisotopic (exact) mass is 868 g/mol. The lowest BCUT2D eigenvalue weighted by Crippen LogP contribution is -2.36. The summed E-state index contributed by atoms with van der Waals surface area (Å²) in [5, 5.41) is 0.586. The predicted molar refractivity (Wildman–Crippen MR) is 238 cm³/mol. The molecular formula is C49H62N3O9S+. The van der Waals surface area contributed by atoms with Crippen molar-refractivity contribution < 1.29 is 46.2 Å². The molecule has 332 valence electrons. The topological polar surface area (TPSA) is 143 Å². The van der Waals surface area contributed by atoms with Gasteiger partial charge in [0.05, 0.1) is 30.1 Å². The Labute approximate surface area is 366 Å². The van der Waals surface area contributed by atoms with E-state index in [4.69, 9.17) is 14.3 Å². The first-order valence-electron chi connectivity index (χ1n) is 22.5. The van der Waals surface area contributed by atoms with Gasteiger partial charge >= 0.3 is 5.97 Å². The van der Waals surface area contributed by atoms with Gasteiger partial charge in [0, 0.05) is 73.8 Å². The molecule has 7 rings (SSSR count). The molecule has 13 heteroatoms. The molecule has 3 aliphatic heterocycles. The summed E-state index contributed by atoms with van der Waals surface area (Å²) in [7, 11) is -2.72. The number of hydrogen-bond donors (Lipinski definition) is 1. The molecule has 0 atom stereocenters. The molecular weight excluding hydrogens is 807 g/mol. The van der Waals surface area contributed by atoms with Crippen LogP contribution in [0.25, 0.3) is 0 Å². The second-order valence-electron chi connectivity index (χ2n) is 17.3. The highest BCUT2D eigenvalue weighted by molar-refractivity contribution is 7.85. The number of methoxy groups -OCH3 is 1. The number of imide groups is 1. The van der Waals surface area contributed by atoms with E-state index in [9.17, 15) is 27.4 Å². The van der Waals surface area contributed by atoms with Crippen LogP contribution in [0.3, 0.4) is 0 Å². The van der Waals surface area contributed by atoms with Crippen LogP contribution in [0.4, 0.5) is 11.4 Å². The van der Waals surface area contributed by atoms with Gasteiger partial charge in [-0.3, -0.25) is 14.1 Å². The summed E-state index contributed by atoms with van der Waals surface area (Å²) in [6, 6.07) is 11.8. The van der Waals surface area contributed by atoms with E-state index in [1.807, 2.05) is 12.2 Å². The van der Waals surface area contributed by atoms with E-state index in [0.717, 1.165) is 74.9 Å². The van der Waals surface area contributed by atoms with Crippen molar-refractivity contribution >= 4 is 45.0 Å². The predicted octanol–water partition coefficient (Wildman–Crippen LogP) is 8.65. The van der Waals surface area contributed by atoms with Crippen molar-refractivity contribution in [2.45, 2.75) is 125 Å². The van der Waals surface area contributed by atoms with E-state index in [-0.39, 0.29) is 29.6 Å². The maximum atomic E-state index is 12.4. The number of benzene rings is 2. The number of aryl methyl sites for hydroxylation is 1. The van der Waals surface area contributed by atoms with E-state index in [0.29, 0.717) is 44.3 Å². The summed E-state index contributed by atoms with van der Waals surface area (Å²) < 4.78 is 48.2. The minimum Gasteiger partial charge on any atom is -0.382 e. The minimum absolute atomic E-state index is 0.0149. The van der Waals surface area contributed by atoms with E-state index in [1.54, 1.807) is 19.2 Å². The molecule has 2 spiro atoms. The molecule has 3 fully saturated rings. The van der Waals surface area contributed by atoms with Crippen LogP contribution in [0.15, 0.2) is 89.5 Å². The number of rotatable bonds is 18. The fraction of sp³-hybridized carbons (Fsp3) is 0.510. The van der Waals surface area contributed by atoms with Gasteiger partial charge < -0.3 is 19.2 Å². The van der Waals surface area contributed by atoms with Crippen molar-refractivity contribution in [1.29, 1.82) is 0 Å². The van der Waals surface area contributed by atoms with Crippen LogP contribution in [0.1, 0.15) is 119 Å². The number of carbonyl (C=O) groups excluding carboxylic acids is 3. The average molecular weight is 869 g/mol. The van der Waals surface area contributed by atoms with Gasteiger partial charge in [0.25, 0.3) is 21.9 Å². The number of allylic oxidation sites excluding steroid dienone is 8. The van der Waals surface area contributed by atoms with Crippen LogP contribution < -0.4 is 4.90 Å². The number of ether oxygens (including phenoxy) is 2. The first-order chi connectivity index (χ1) is 30.0. The van der Waals surface area contributed by atoms with E-state index < -0.39 is 33.3 Å². The van der Waals surface area contributed by atoms with Gasteiger partial charge in [-0.2, -0.15) is 13.0 Å². The van der Waals surface area contributed by atoms with Crippen molar-refractivity contribution in [2.24, 2.45) is 0 Å². The van der Waals surface area contributed by atoms with Crippen LogP contribution in [0, 0.1) is 6.92 Å². The smallest absolute Gasteiger partial charge is 0.333 e. The largest absolute Gasteiger partial charge is 0.382 e. The summed E-state index contributed by atoms with van der Waals surface area (Å²) in [6.07, 6.45) is 27.7. The molecule has 2 aromatic rings. The lowest BCUT2D eigenvalue weighted by atomic mass is 9.67. The Bertz CT molecular complexity index is 2250. The van der Waals surface area contributed by atoms with Crippen molar-refractivity contribution in [1.82, 2.24) is 5.06 Å². The number of carbonyl (C=O) groups is 3. The zero-order valence-electron chi connectivity index (χ0n) is 36.3. The lowest BCUT2D eigenvalue weighted by molar-refractivity contribution is -0.438. The highest BCUT2D eigenvalue weighted by Crippen LogP contribution is 2.55. The maximum absolute atomic E-state index is 12.4. The molecule has 62 heavy (non-hydrogen) atoms. The Kier molecular flexibility index (Phi) is 14.8. The first kappa shape index (κ1) is 45.3. The highest BCUT2D eigenvalue weighted by Gasteiger charge is 2.52. The average Bonchev–Trinajstić information content (AvgIpc) is 3.80. The quantitative estimate of drug-likeness (QED) is 0.0509. The van der Waals surface area contributed by atoms with Gasteiger partial charge in [-0.1, -0.05) is 86.6 Å². The van der Waals surface area contributed by atoms with Crippen molar-refractivity contribution in [3.05, 3.63) is 101 Å². The lowest BCUT2D eigenvalue weighted by Gasteiger charge is -2.37. The number of unbranched alkanes of at least 4 members (excludes halogenated alkanes) is 2. The molecule has 1 saturated heterocycles. The Morgan fingerprint density at radius 1 is 0.806 bits per heavy atom. The molecule has 0 radical (unpaired) electrons. The van der Waals surface area contributed by atoms with Crippen molar-refractivity contribution in [3.63, 3.8) is 0 Å². The summed E-state index contributed by atoms with van der Waals surface area (Å²) >= 11 is 0. The third-order valence-corrected chi connectivity index (χ3v) is 14.2. The third-order valence-electron chi connectivity index (χ3n) is 13.3. The van der Waals surface area contributed by atoms with Crippen molar-refractivity contribution in [3.8, 4) is 0 Å². The molecule has 5 aliphatic rings. The molecule has 0 aromatic heterocycles. The number of amides is 2. The Morgan fingerprint density at radius 3 is 2.21 bits per heavy atom. The van der Waals surface area contributed by atoms with E-state index in [2.05, 4.69) is 65.0 Å². The zero-order chi connectivity index (χ0) is 43.7. The van der Waals surface area contributed by atoms with Crippen LogP contribution in [0.5, 0.6) is 0 Å². The maximum Gasteiger partial charge on any atom is 0.333 e. The van der Waals surface area contributed by atoms with Gasteiger partial charge in [0.2, 0.25) is 5.69 Å². The molecule has 2 aliphatic carbocycles. The number of hydroxylamine groups is 2. The molecule has 1 N–H and O–H groups in total. The summed E-state index contributed by atoms with van der Waals surface area (Å²) in [4.78, 5) is 43.6. The molecule has 2 aromatic carbocycles. The fourth-order valence-electron chi connectivity index (χ4n) is 10.4. The van der Waals surface area contributed by atoms with Crippen LogP contribution in [0.2, 0.25) is 0 Å². The second kappa shape index (κ2) is 20.2. The van der Waals surface area contributed by atoms with Gasteiger partial charge in [0.1, 0.15) is 6.54 Å². The summed E-state index contributed by atoms with van der Waals surface area (Å²) in [6.45, 7) is 5.32. The zero-order valence-corrected chi connectivity index (χ0v) is 37.1. The van der Waals surface area contributed by atoms with E-state index in [1.165, 1.54) is 47.8 Å². The Hall–Kier alpha value is -4.69. The molecule has 0 unspecified atom stereocenters. The van der Waals surface area contributed by atoms with E-state index >= 15 is 0 Å².